The molecule has 0 aliphatic heterocycles. The van der Waals surface area contributed by atoms with Gasteiger partial charge in [-0.1, -0.05) is 12.2 Å². The lowest BCUT2D eigenvalue weighted by Crippen LogP contribution is -2.12. The van der Waals surface area contributed by atoms with E-state index < -0.39 is 22.5 Å². The van der Waals surface area contributed by atoms with Gasteiger partial charge >= 0.3 is 11.9 Å². The Morgan fingerprint density at radius 3 is 2.12 bits per heavy atom. The monoisotopic (exact) mass is 347 g/mol. The largest absolute Gasteiger partial charge is 0.462 e. The number of benzene rings is 1. The fraction of sp³-hybridized carbons (Fsp3) is 0.333. The van der Waals surface area contributed by atoms with E-state index in [0.717, 1.165) is 6.07 Å². The minimum absolute atomic E-state index is 0.00788. The average molecular weight is 347 g/mol. The molecule has 0 unspecified atom stereocenters. The quantitative estimate of drug-likeness (QED) is 0.198. The predicted molar refractivity (Wildman–Crippen MR) is 92.5 cm³/mol. The van der Waals surface area contributed by atoms with Crippen molar-refractivity contribution in [3.8, 4) is 0 Å². The summed E-state index contributed by atoms with van der Waals surface area (Å²) in [7, 11) is 0. The van der Waals surface area contributed by atoms with Crippen LogP contribution in [0.25, 0.3) is 0 Å². The van der Waals surface area contributed by atoms with Crippen LogP contribution >= 0.6 is 0 Å². The molecular formula is C18H21NO6. The van der Waals surface area contributed by atoms with Crippen LogP contribution in [0.3, 0.4) is 0 Å². The van der Waals surface area contributed by atoms with Gasteiger partial charge in [0.2, 0.25) is 0 Å². The summed E-state index contributed by atoms with van der Waals surface area (Å²) in [4.78, 5) is 34.4. The van der Waals surface area contributed by atoms with Crippen molar-refractivity contribution < 1.29 is 24.0 Å². The maximum Gasteiger partial charge on any atom is 0.345 e. The Kier molecular flexibility index (Phi) is 8.63. The standard InChI is InChI=1S/C18H21NO6/c1-3-5-7-11-24-17(20)14-9-10-15(16(13-14)19(22)23)18(21)25-12-8-6-4-2/h3-4,9-10,13H,1-2,5-8,11-12H2. The summed E-state index contributed by atoms with van der Waals surface area (Å²) < 4.78 is 10.0. The highest BCUT2D eigenvalue weighted by Crippen LogP contribution is 2.22. The molecule has 25 heavy (non-hydrogen) atoms. The topological polar surface area (TPSA) is 95.7 Å². The zero-order chi connectivity index (χ0) is 18.7. The average Bonchev–Trinajstić information content (AvgIpc) is 2.61. The number of unbranched alkanes of at least 4 members (excludes halogenated alkanes) is 2. The van der Waals surface area contributed by atoms with Gasteiger partial charge in [0.15, 0.2) is 0 Å². The van der Waals surface area contributed by atoms with Crippen LogP contribution in [0, 0.1) is 10.1 Å². The molecule has 1 aromatic carbocycles. The normalized spacial score (nSPS) is 9.92. The molecule has 0 aromatic heterocycles. The maximum absolute atomic E-state index is 12.0. The zero-order valence-corrected chi connectivity index (χ0v) is 13.9. The first-order chi connectivity index (χ1) is 12.0. The van der Waals surface area contributed by atoms with Crippen LogP contribution in [0.1, 0.15) is 46.4 Å². The van der Waals surface area contributed by atoms with Gasteiger partial charge in [-0.15, -0.1) is 13.2 Å². The molecular weight excluding hydrogens is 326 g/mol. The summed E-state index contributed by atoms with van der Waals surface area (Å²) in [6, 6.07) is 3.54. The number of nitrogens with zero attached hydrogens (tertiary/aromatic N) is 1. The number of hydrogen-bond donors (Lipinski definition) is 0. The third-order valence-electron chi connectivity index (χ3n) is 3.22. The van der Waals surface area contributed by atoms with E-state index in [9.17, 15) is 19.7 Å². The summed E-state index contributed by atoms with van der Waals surface area (Å²) in [6.45, 7) is 7.43. The molecule has 0 heterocycles. The van der Waals surface area contributed by atoms with Gasteiger partial charge in [0, 0.05) is 6.07 Å². The van der Waals surface area contributed by atoms with Crippen LogP contribution in [0.2, 0.25) is 0 Å². The second kappa shape index (κ2) is 10.7. The fourth-order valence-electron chi connectivity index (χ4n) is 1.93. The first kappa shape index (κ1) is 20.1. The second-order valence-corrected chi connectivity index (χ2v) is 5.12. The summed E-state index contributed by atoms with van der Waals surface area (Å²) in [5.74, 6) is -1.49. The third-order valence-corrected chi connectivity index (χ3v) is 3.22. The van der Waals surface area contributed by atoms with Crippen molar-refractivity contribution in [1.29, 1.82) is 0 Å². The van der Waals surface area contributed by atoms with Crippen LogP contribution in [-0.4, -0.2) is 30.1 Å². The molecule has 0 aliphatic carbocycles. The molecule has 0 amide bonds. The van der Waals surface area contributed by atoms with E-state index in [1.807, 2.05) is 0 Å². The summed E-state index contributed by atoms with van der Waals surface area (Å²) >= 11 is 0. The highest BCUT2D eigenvalue weighted by atomic mass is 16.6. The molecule has 0 bridgehead atoms. The number of nitro benzene ring substituents is 1. The molecule has 0 saturated heterocycles. The van der Waals surface area contributed by atoms with E-state index in [0.29, 0.717) is 25.7 Å². The number of carbonyl (C=O) groups is 2. The number of carbonyl (C=O) groups excluding carboxylic acids is 2. The Morgan fingerprint density at radius 2 is 1.60 bits per heavy atom. The highest BCUT2D eigenvalue weighted by Gasteiger charge is 2.24. The van der Waals surface area contributed by atoms with E-state index >= 15 is 0 Å². The molecule has 1 aromatic rings. The first-order valence-electron chi connectivity index (χ1n) is 7.85. The lowest BCUT2D eigenvalue weighted by atomic mass is 10.1. The second-order valence-electron chi connectivity index (χ2n) is 5.12. The van der Waals surface area contributed by atoms with E-state index in [2.05, 4.69) is 13.2 Å². The van der Waals surface area contributed by atoms with Crippen molar-refractivity contribution in [2.24, 2.45) is 0 Å². The van der Waals surface area contributed by atoms with Crippen LogP contribution in [0.5, 0.6) is 0 Å². The van der Waals surface area contributed by atoms with Gasteiger partial charge < -0.3 is 9.47 Å². The van der Waals surface area contributed by atoms with Gasteiger partial charge in [-0.3, -0.25) is 10.1 Å². The first-order valence-corrected chi connectivity index (χ1v) is 7.85. The highest BCUT2D eigenvalue weighted by molar-refractivity contribution is 5.97. The van der Waals surface area contributed by atoms with Gasteiger partial charge in [0.25, 0.3) is 5.69 Å². The van der Waals surface area contributed by atoms with E-state index in [-0.39, 0.29) is 24.3 Å². The smallest absolute Gasteiger partial charge is 0.345 e. The Bertz CT molecular complexity index is 653. The van der Waals surface area contributed by atoms with Crippen LogP contribution in [0.4, 0.5) is 5.69 Å². The minimum Gasteiger partial charge on any atom is -0.462 e. The SMILES string of the molecule is C=CCCCOC(=O)c1ccc(C(=O)OCCCC=C)c([N+](=O)[O-])c1. The lowest BCUT2D eigenvalue weighted by molar-refractivity contribution is -0.385. The lowest BCUT2D eigenvalue weighted by Gasteiger charge is -2.07. The maximum atomic E-state index is 12.0. The summed E-state index contributed by atoms with van der Waals surface area (Å²) in [5, 5.41) is 11.2. The van der Waals surface area contributed by atoms with E-state index in [1.54, 1.807) is 12.2 Å². The van der Waals surface area contributed by atoms with Gasteiger partial charge in [0.05, 0.1) is 23.7 Å². The molecule has 7 heteroatoms. The number of rotatable bonds is 11. The van der Waals surface area contributed by atoms with Gasteiger partial charge in [-0.2, -0.15) is 0 Å². The van der Waals surface area contributed by atoms with Crippen LogP contribution < -0.4 is 0 Å². The molecule has 0 spiro atoms. The number of ether oxygens (including phenoxy) is 2. The molecule has 0 radical (unpaired) electrons. The molecule has 7 nitrogen and oxygen atoms in total. The summed E-state index contributed by atoms with van der Waals surface area (Å²) in [5.41, 5.74) is -0.686. The van der Waals surface area contributed by atoms with Gasteiger partial charge in [0.1, 0.15) is 5.56 Å². The molecule has 0 aliphatic rings. The molecule has 1 rings (SSSR count). The fourth-order valence-corrected chi connectivity index (χ4v) is 1.93. The molecule has 0 atom stereocenters. The predicted octanol–water partition coefficient (Wildman–Crippen LogP) is 3.84. The van der Waals surface area contributed by atoms with Crippen LogP contribution in [0.15, 0.2) is 43.5 Å². The Hall–Kier alpha value is -2.96. The van der Waals surface area contributed by atoms with Gasteiger partial charge in [-0.25, -0.2) is 9.59 Å². The number of hydrogen-bond acceptors (Lipinski definition) is 6. The van der Waals surface area contributed by atoms with Crippen molar-refractivity contribution in [2.45, 2.75) is 25.7 Å². The Labute approximate surface area is 146 Å². The number of allylic oxidation sites excluding steroid dienone is 2. The van der Waals surface area contributed by atoms with Gasteiger partial charge in [-0.05, 0) is 37.8 Å². The summed E-state index contributed by atoms with van der Waals surface area (Å²) in [6.07, 6.45) is 5.96. The third kappa shape index (κ3) is 6.58. The van der Waals surface area contributed by atoms with Crippen molar-refractivity contribution in [2.75, 3.05) is 13.2 Å². The van der Waals surface area contributed by atoms with E-state index in [1.165, 1.54) is 12.1 Å². The molecule has 0 N–H and O–H groups in total. The van der Waals surface area contributed by atoms with Crippen LogP contribution in [-0.2, 0) is 9.47 Å². The van der Waals surface area contributed by atoms with Crippen molar-refractivity contribution >= 4 is 17.6 Å². The minimum atomic E-state index is -0.804. The Morgan fingerprint density at radius 1 is 1.04 bits per heavy atom. The molecule has 134 valence electrons. The van der Waals surface area contributed by atoms with Crippen molar-refractivity contribution in [3.63, 3.8) is 0 Å². The van der Waals surface area contributed by atoms with E-state index in [4.69, 9.17) is 9.47 Å². The van der Waals surface area contributed by atoms with Crippen molar-refractivity contribution in [1.82, 2.24) is 0 Å². The molecule has 0 saturated carbocycles. The van der Waals surface area contributed by atoms with Crippen molar-refractivity contribution in [3.05, 3.63) is 64.8 Å². The molecule has 0 fully saturated rings. The zero-order valence-electron chi connectivity index (χ0n) is 13.9. The number of nitro groups is 1. The number of esters is 2. The Balaban J connectivity index is 2.82.